The lowest BCUT2D eigenvalue weighted by atomic mass is 10.5. The van der Waals surface area contributed by atoms with E-state index in [0.717, 1.165) is 6.40 Å². The number of hydrogen-bond donors (Lipinski definition) is 2. The molecular weight excluding hydrogens is 130 g/mol. The number of ether oxygens (including phenoxy) is 1. The van der Waals surface area contributed by atoms with Gasteiger partial charge in [-0.05, 0) is 0 Å². The maximum Gasteiger partial charge on any atom is 0.203 e. The molecule has 1 heterocycles. The summed E-state index contributed by atoms with van der Waals surface area (Å²) in [6, 6.07) is 1.66. The molecular formula is C6H9N3O. The van der Waals surface area contributed by atoms with Gasteiger partial charge in [0.2, 0.25) is 5.88 Å². The molecule has 0 aliphatic carbocycles. The molecule has 1 aromatic rings. The van der Waals surface area contributed by atoms with Crippen LogP contribution in [0.1, 0.15) is 0 Å². The largest absolute Gasteiger partial charge is 0.430 e. The third-order valence-corrected chi connectivity index (χ3v) is 1.16. The first-order valence-corrected chi connectivity index (χ1v) is 2.81. The standard InChI is InChI=1S/C6H9N3O/c1-9-3-5(8)2-6(9)10-4-7/h2-4,7H,8H2,1H3. The molecule has 1 aromatic heterocycles. The van der Waals surface area contributed by atoms with E-state index in [0.29, 0.717) is 11.6 Å². The normalized spacial score (nSPS) is 9.30. The van der Waals surface area contributed by atoms with E-state index in [9.17, 15) is 0 Å². The predicted octanol–water partition coefficient (Wildman–Crippen LogP) is 0.593. The van der Waals surface area contributed by atoms with Gasteiger partial charge in [0.1, 0.15) is 0 Å². The lowest BCUT2D eigenvalue weighted by Crippen LogP contribution is -1.93. The quantitative estimate of drug-likeness (QED) is 0.465. The van der Waals surface area contributed by atoms with E-state index in [1.165, 1.54) is 0 Å². The number of nitrogen functional groups attached to an aromatic ring is 1. The molecule has 0 spiro atoms. The van der Waals surface area contributed by atoms with Crippen LogP contribution in [0.15, 0.2) is 12.3 Å². The van der Waals surface area contributed by atoms with Crippen LogP contribution in [-0.4, -0.2) is 11.0 Å². The van der Waals surface area contributed by atoms with Gasteiger partial charge in [-0.3, -0.25) is 5.41 Å². The van der Waals surface area contributed by atoms with Crippen molar-refractivity contribution in [2.24, 2.45) is 7.05 Å². The Morgan fingerprint density at radius 2 is 2.50 bits per heavy atom. The van der Waals surface area contributed by atoms with Crippen molar-refractivity contribution < 1.29 is 4.74 Å². The van der Waals surface area contributed by atoms with Crippen LogP contribution >= 0.6 is 0 Å². The molecule has 4 heteroatoms. The third-order valence-electron chi connectivity index (χ3n) is 1.16. The number of rotatable bonds is 2. The lowest BCUT2D eigenvalue weighted by molar-refractivity contribution is 0.517. The summed E-state index contributed by atoms with van der Waals surface area (Å²) in [4.78, 5) is 0. The molecule has 4 nitrogen and oxygen atoms in total. The molecule has 0 saturated carbocycles. The van der Waals surface area contributed by atoms with E-state index in [1.807, 2.05) is 0 Å². The molecule has 54 valence electrons. The Morgan fingerprint density at radius 3 is 2.90 bits per heavy atom. The van der Waals surface area contributed by atoms with Gasteiger partial charge in [0, 0.05) is 19.3 Å². The molecule has 3 N–H and O–H groups in total. The van der Waals surface area contributed by atoms with Gasteiger partial charge < -0.3 is 15.0 Å². The molecule has 10 heavy (non-hydrogen) atoms. The van der Waals surface area contributed by atoms with Gasteiger partial charge in [0.25, 0.3) is 0 Å². The summed E-state index contributed by atoms with van der Waals surface area (Å²) in [5.74, 6) is 0.576. The summed E-state index contributed by atoms with van der Waals surface area (Å²) in [5, 5.41) is 6.64. The van der Waals surface area contributed by atoms with Crippen LogP contribution in [0.4, 0.5) is 5.69 Å². The molecule has 0 aromatic carbocycles. The summed E-state index contributed by atoms with van der Waals surface area (Å²) >= 11 is 0. The number of nitrogens with zero attached hydrogens (tertiary/aromatic N) is 1. The number of nitrogens with one attached hydrogen (secondary N) is 1. The number of anilines is 1. The van der Waals surface area contributed by atoms with Crippen molar-refractivity contribution in [3.63, 3.8) is 0 Å². The average Bonchev–Trinajstić information content (AvgIpc) is 2.13. The van der Waals surface area contributed by atoms with Crippen LogP contribution in [0.3, 0.4) is 0 Å². The van der Waals surface area contributed by atoms with Crippen LogP contribution in [0.5, 0.6) is 5.88 Å². The van der Waals surface area contributed by atoms with Gasteiger partial charge in [-0.25, -0.2) is 0 Å². The van der Waals surface area contributed by atoms with Crippen LogP contribution in [-0.2, 0) is 7.05 Å². The Kier molecular flexibility index (Phi) is 1.62. The average molecular weight is 139 g/mol. The number of hydrogen-bond acceptors (Lipinski definition) is 3. The third kappa shape index (κ3) is 1.10. The fourth-order valence-corrected chi connectivity index (χ4v) is 0.746. The van der Waals surface area contributed by atoms with Crippen molar-refractivity contribution in [3.05, 3.63) is 12.3 Å². The van der Waals surface area contributed by atoms with E-state index in [4.69, 9.17) is 15.9 Å². The number of nitrogens with two attached hydrogens (primary N) is 1. The van der Waals surface area contributed by atoms with Gasteiger partial charge in [-0.15, -0.1) is 0 Å². The smallest absolute Gasteiger partial charge is 0.203 e. The highest BCUT2D eigenvalue weighted by atomic mass is 16.5. The van der Waals surface area contributed by atoms with Gasteiger partial charge in [0.05, 0.1) is 5.69 Å². The lowest BCUT2D eigenvalue weighted by Gasteiger charge is -1.96. The molecule has 0 aliphatic rings. The fraction of sp³-hybridized carbons (Fsp3) is 0.167. The summed E-state index contributed by atoms with van der Waals surface area (Å²) < 4.78 is 6.49. The van der Waals surface area contributed by atoms with E-state index >= 15 is 0 Å². The molecule has 0 unspecified atom stereocenters. The Labute approximate surface area is 58.7 Å². The topological polar surface area (TPSA) is 64.0 Å². The highest BCUT2D eigenvalue weighted by Gasteiger charge is 1.98. The Bertz CT molecular complexity index is 241. The zero-order valence-corrected chi connectivity index (χ0v) is 5.66. The zero-order chi connectivity index (χ0) is 7.56. The van der Waals surface area contributed by atoms with E-state index in [-0.39, 0.29) is 0 Å². The summed E-state index contributed by atoms with van der Waals surface area (Å²) in [6.45, 7) is 0. The maximum atomic E-state index is 6.64. The zero-order valence-electron chi connectivity index (χ0n) is 5.66. The first-order valence-electron chi connectivity index (χ1n) is 2.81. The van der Waals surface area contributed by atoms with Crippen molar-refractivity contribution in [2.45, 2.75) is 0 Å². The number of aromatic nitrogens is 1. The van der Waals surface area contributed by atoms with Crippen molar-refractivity contribution in [2.75, 3.05) is 5.73 Å². The SMILES string of the molecule is Cn1cc(N)cc1OC=N. The Hall–Kier alpha value is -1.45. The van der Waals surface area contributed by atoms with Crippen LogP contribution in [0.25, 0.3) is 0 Å². The molecule has 0 fully saturated rings. The monoisotopic (exact) mass is 139 g/mol. The van der Waals surface area contributed by atoms with Gasteiger partial charge in [-0.2, -0.15) is 0 Å². The van der Waals surface area contributed by atoms with Crippen molar-refractivity contribution in [1.29, 1.82) is 5.41 Å². The molecule has 0 saturated heterocycles. The molecule has 1 rings (SSSR count). The van der Waals surface area contributed by atoms with Gasteiger partial charge in [0.15, 0.2) is 6.40 Å². The van der Waals surface area contributed by atoms with E-state index < -0.39 is 0 Å². The van der Waals surface area contributed by atoms with Crippen molar-refractivity contribution >= 4 is 12.1 Å². The van der Waals surface area contributed by atoms with E-state index in [2.05, 4.69) is 0 Å². The molecule has 0 atom stereocenters. The summed E-state index contributed by atoms with van der Waals surface area (Å²) in [7, 11) is 1.80. The first kappa shape index (κ1) is 6.67. The minimum atomic E-state index is 0.576. The van der Waals surface area contributed by atoms with Gasteiger partial charge >= 0.3 is 0 Å². The molecule has 0 aliphatic heterocycles. The Balaban J connectivity index is 2.91. The second-order valence-corrected chi connectivity index (χ2v) is 1.96. The highest BCUT2D eigenvalue weighted by molar-refractivity contribution is 5.50. The van der Waals surface area contributed by atoms with Crippen LogP contribution in [0.2, 0.25) is 0 Å². The predicted molar refractivity (Wildman–Crippen MR) is 39.2 cm³/mol. The first-order chi connectivity index (χ1) is 4.74. The van der Waals surface area contributed by atoms with Crippen molar-refractivity contribution in [3.8, 4) is 5.88 Å². The second kappa shape index (κ2) is 2.43. The molecule has 0 radical (unpaired) electrons. The summed E-state index contributed by atoms with van der Waals surface area (Å²) in [6.07, 6.45) is 2.59. The molecule has 0 amide bonds. The Morgan fingerprint density at radius 1 is 1.80 bits per heavy atom. The van der Waals surface area contributed by atoms with Crippen LogP contribution < -0.4 is 10.5 Å². The maximum absolute atomic E-state index is 6.64. The molecule has 0 bridgehead atoms. The summed E-state index contributed by atoms with van der Waals surface area (Å²) in [5.41, 5.74) is 6.07. The van der Waals surface area contributed by atoms with E-state index in [1.54, 1.807) is 23.9 Å². The minimum absolute atomic E-state index is 0.576. The van der Waals surface area contributed by atoms with Crippen LogP contribution in [0, 0.1) is 5.41 Å². The number of aryl methyl sites for hydroxylation is 1. The van der Waals surface area contributed by atoms with Gasteiger partial charge in [-0.1, -0.05) is 0 Å². The highest BCUT2D eigenvalue weighted by Crippen LogP contribution is 2.15. The fourth-order valence-electron chi connectivity index (χ4n) is 0.746. The second-order valence-electron chi connectivity index (χ2n) is 1.96. The minimum Gasteiger partial charge on any atom is -0.430 e. The van der Waals surface area contributed by atoms with Crippen molar-refractivity contribution in [1.82, 2.24) is 4.57 Å².